The van der Waals surface area contributed by atoms with E-state index in [1.807, 2.05) is 0 Å². The van der Waals surface area contributed by atoms with Crippen molar-refractivity contribution in [2.75, 3.05) is 20.1 Å². The highest BCUT2D eigenvalue weighted by Gasteiger charge is 2.32. The zero-order chi connectivity index (χ0) is 6.27. The molecule has 0 aromatic heterocycles. The lowest BCUT2D eigenvalue weighted by molar-refractivity contribution is 0.196. The average Bonchev–Trinajstić information content (AvgIpc) is 1.93. The van der Waals surface area contributed by atoms with Crippen LogP contribution in [0.4, 0.5) is 0 Å². The molecule has 1 saturated carbocycles. The van der Waals surface area contributed by atoms with Crippen LogP contribution in [-0.2, 0) is 0 Å². The smallest absolute Gasteiger partial charge is 0.000681 e. The summed E-state index contributed by atoms with van der Waals surface area (Å²) in [6.07, 6.45) is 4.53. The van der Waals surface area contributed by atoms with Gasteiger partial charge in [0.05, 0.1) is 0 Å². The lowest BCUT2D eigenvalue weighted by Gasteiger charge is -2.31. The van der Waals surface area contributed by atoms with Crippen LogP contribution in [0.1, 0.15) is 19.3 Å². The van der Waals surface area contributed by atoms with Crippen molar-refractivity contribution in [2.45, 2.75) is 19.3 Å². The van der Waals surface area contributed by atoms with E-state index >= 15 is 0 Å². The van der Waals surface area contributed by atoms with Gasteiger partial charge in [-0.3, -0.25) is 0 Å². The van der Waals surface area contributed by atoms with E-state index in [9.17, 15) is 0 Å². The van der Waals surface area contributed by atoms with Crippen molar-refractivity contribution in [3.63, 3.8) is 0 Å². The third kappa shape index (κ3) is 0.983. The predicted octanol–water partition coefficient (Wildman–Crippen LogP) is 1.35. The monoisotopic (exact) mass is 125 g/mol. The van der Waals surface area contributed by atoms with Crippen molar-refractivity contribution in [1.29, 1.82) is 0 Å². The molecular weight excluding hydrogens is 110 g/mol. The summed E-state index contributed by atoms with van der Waals surface area (Å²) in [6, 6.07) is 0. The maximum absolute atomic E-state index is 2.48. The molecule has 1 aliphatic carbocycles. The number of nitrogens with zero attached hydrogens (tertiary/aromatic N) is 1. The highest BCUT2D eigenvalue weighted by molar-refractivity contribution is 4.85. The first-order chi connectivity index (χ1) is 4.34. The highest BCUT2D eigenvalue weighted by Crippen LogP contribution is 2.38. The Kier molecular flexibility index (Phi) is 1.26. The molecule has 3 fully saturated rings. The van der Waals surface area contributed by atoms with Crippen molar-refractivity contribution < 1.29 is 0 Å². The first kappa shape index (κ1) is 5.72. The van der Waals surface area contributed by atoms with Gasteiger partial charge in [0.2, 0.25) is 0 Å². The topological polar surface area (TPSA) is 3.24 Å². The van der Waals surface area contributed by atoms with E-state index < -0.39 is 0 Å². The summed E-state index contributed by atoms with van der Waals surface area (Å²) >= 11 is 0. The van der Waals surface area contributed by atoms with Gasteiger partial charge < -0.3 is 4.90 Å². The Morgan fingerprint density at radius 1 is 1.22 bits per heavy atom. The summed E-state index contributed by atoms with van der Waals surface area (Å²) in [4.78, 5) is 2.48. The predicted molar refractivity (Wildman–Crippen MR) is 38.3 cm³/mol. The molecular formula is C8H15N. The Hall–Kier alpha value is -0.0400. The molecule has 3 aliphatic rings. The zero-order valence-corrected chi connectivity index (χ0v) is 6.14. The molecule has 0 atom stereocenters. The van der Waals surface area contributed by atoms with Crippen LogP contribution >= 0.6 is 0 Å². The summed E-state index contributed by atoms with van der Waals surface area (Å²) in [5.41, 5.74) is 0. The van der Waals surface area contributed by atoms with Crippen molar-refractivity contribution in [3.05, 3.63) is 0 Å². The number of hydrogen-bond donors (Lipinski definition) is 0. The van der Waals surface area contributed by atoms with Gasteiger partial charge in [0.25, 0.3) is 0 Å². The number of fused-ring (bicyclic) bond motifs is 3. The molecule has 0 unspecified atom stereocenters. The van der Waals surface area contributed by atoms with E-state index in [2.05, 4.69) is 11.9 Å². The molecule has 0 radical (unpaired) electrons. The zero-order valence-electron chi connectivity index (χ0n) is 6.14. The van der Waals surface area contributed by atoms with E-state index in [1.54, 1.807) is 0 Å². The van der Waals surface area contributed by atoms with Crippen molar-refractivity contribution in [2.24, 2.45) is 11.8 Å². The van der Waals surface area contributed by atoms with Gasteiger partial charge in [-0.05, 0) is 44.7 Å². The minimum atomic E-state index is 1.07. The summed E-state index contributed by atoms with van der Waals surface area (Å²) in [7, 11) is 2.25. The first-order valence-electron chi connectivity index (χ1n) is 4.03. The van der Waals surface area contributed by atoms with Gasteiger partial charge in [-0.1, -0.05) is 0 Å². The maximum Gasteiger partial charge on any atom is 0.000681 e. The van der Waals surface area contributed by atoms with E-state index in [0.717, 1.165) is 11.8 Å². The van der Waals surface area contributed by atoms with Crippen LogP contribution in [0.3, 0.4) is 0 Å². The van der Waals surface area contributed by atoms with E-state index in [4.69, 9.17) is 0 Å². The minimum absolute atomic E-state index is 1.07. The standard InChI is InChI=1S/C8H15N/c1-9-3-2-7-4-8(5-7)6-9/h7-8H,2-6H2,1H3. The van der Waals surface area contributed by atoms with Crippen molar-refractivity contribution in [3.8, 4) is 0 Å². The summed E-state index contributed by atoms with van der Waals surface area (Å²) in [5, 5.41) is 0. The van der Waals surface area contributed by atoms with Gasteiger partial charge in [0.15, 0.2) is 0 Å². The van der Waals surface area contributed by atoms with Crippen LogP contribution < -0.4 is 0 Å². The Morgan fingerprint density at radius 2 is 2.00 bits per heavy atom. The van der Waals surface area contributed by atoms with E-state index in [1.165, 1.54) is 32.4 Å². The molecule has 2 saturated heterocycles. The largest absolute Gasteiger partial charge is 0.306 e. The Bertz CT molecular complexity index is 105. The van der Waals surface area contributed by atoms with E-state index in [-0.39, 0.29) is 0 Å². The first-order valence-corrected chi connectivity index (χ1v) is 4.03. The molecule has 52 valence electrons. The fourth-order valence-corrected chi connectivity index (χ4v) is 2.19. The molecule has 2 bridgehead atoms. The van der Waals surface area contributed by atoms with Crippen LogP contribution in [-0.4, -0.2) is 25.0 Å². The van der Waals surface area contributed by atoms with Crippen molar-refractivity contribution in [1.82, 2.24) is 4.90 Å². The lowest BCUT2D eigenvalue weighted by atomic mass is 9.75. The molecule has 2 heterocycles. The average molecular weight is 125 g/mol. The van der Waals surface area contributed by atoms with Crippen LogP contribution in [0.25, 0.3) is 0 Å². The molecule has 0 N–H and O–H groups in total. The second-order valence-corrected chi connectivity index (χ2v) is 3.75. The van der Waals surface area contributed by atoms with Crippen LogP contribution in [0.2, 0.25) is 0 Å². The number of hydrogen-bond acceptors (Lipinski definition) is 1. The normalized spacial score (nSPS) is 43.7. The molecule has 0 aromatic carbocycles. The van der Waals surface area contributed by atoms with Crippen LogP contribution in [0, 0.1) is 11.8 Å². The summed E-state index contributed by atoms with van der Waals surface area (Å²) < 4.78 is 0. The van der Waals surface area contributed by atoms with Gasteiger partial charge in [-0.25, -0.2) is 0 Å². The Labute approximate surface area is 57.0 Å². The molecule has 1 nitrogen and oxygen atoms in total. The molecule has 1 heteroatoms. The Morgan fingerprint density at radius 3 is 2.78 bits per heavy atom. The lowest BCUT2D eigenvalue weighted by Crippen LogP contribution is -2.27. The highest BCUT2D eigenvalue weighted by atomic mass is 15.1. The number of rotatable bonds is 0. The van der Waals surface area contributed by atoms with Gasteiger partial charge in [0.1, 0.15) is 0 Å². The summed E-state index contributed by atoms with van der Waals surface area (Å²) in [5.74, 6) is 2.18. The fraction of sp³-hybridized carbons (Fsp3) is 1.00. The second-order valence-electron chi connectivity index (χ2n) is 3.75. The molecule has 3 rings (SSSR count). The molecule has 2 aliphatic heterocycles. The molecule has 0 spiro atoms. The van der Waals surface area contributed by atoms with Gasteiger partial charge in [-0.15, -0.1) is 0 Å². The van der Waals surface area contributed by atoms with Crippen LogP contribution in [0.5, 0.6) is 0 Å². The molecule has 9 heavy (non-hydrogen) atoms. The third-order valence-corrected chi connectivity index (χ3v) is 2.82. The van der Waals surface area contributed by atoms with Crippen molar-refractivity contribution >= 4 is 0 Å². The maximum atomic E-state index is 2.48. The quantitative estimate of drug-likeness (QED) is 0.472. The molecule has 0 amide bonds. The fourth-order valence-electron chi connectivity index (χ4n) is 2.19. The van der Waals surface area contributed by atoms with Gasteiger partial charge >= 0.3 is 0 Å². The van der Waals surface area contributed by atoms with Gasteiger partial charge in [0, 0.05) is 6.54 Å². The minimum Gasteiger partial charge on any atom is -0.306 e. The van der Waals surface area contributed by atoms with Gasteiger partial charge in [-0.2, -0.15) is 0 Å². The summed E-state index contributed by atoms with van der Waals surface area (Å²) in [6.45, 7) is 2.72. The van der Waals surface area contributed by atoms with E-state index in [0.29, 0.717) is 0 Å². The SMILES string of the molecule is CN1CCC2CC(C2)C1. The third-order valence-electron chi connectivity index (χ3n) is 2.82. The molecule has 0 aromatic rings. The second kappa shape index (κ2) is 1.98. The van der Waals surface area contributed by atoms with Crippen LogP contribution in [0.15, 0.2) is 0 Å². The Balaban J connectivity index is 1.96.